The highest BCUT2D eigenvalue weighted by Crippen LogP contribution is 2.40. The maximum atomic E-state index is 12.9. The fourth-order valence-corrected chi connectivity index (χ4v) is 5.58. The quantitative estimate of drug-likeness (QED) is 0.454. The number of nitrogens with zero attached hydrogens (tertiary/aromatic N) is 1. The Morgan fingerprint density at radius 1 is 0.938 bits per heavy atom. The number of benzene rings is 1. The molecule has 3 rings (SSSR count). The molecule has 6 nitrogen and oxygen atoms in total. The van der Waals surface area contributed by atoms with Crippen molar-refractivity contribution in [2.24, 2.45) is 17.8 Å². The molecule has 0 bridgehead atoms. The first kappa shape index (κ1) is 24.3. The van der Waals surface area contributed by atoms with Gasteiger partial charge in [0.2, 0.25) is 5.91 Å². The molecule has 2 fully saturated rings. The lowest BCUT2D eigenvalue weighted by atomic mass is 9.80. The average molecular weight is 444 g/mol. The molecule has 1 amide bonds. The Balaban J connectivity index is 1.39. The molecular formula is C26H37NO5. The van der Waals surface area contributed by atoms with Crippen molar-refractivity contribution in [2.75, 3.05) is 6.54 Å². The van der Waals surface area contributed by atoms with Crippen molar-refractivity contribution in [3.8, 4) is 0 Å². The number of amides is 1. The second-order valence-electron chi connectivity index (χ2n) is 9.52. The minimum Gasteiger partial charge on any atom is -0.481 e. The fraction of sp³-hybridized carbons (Fsp3) is 0.654. The number of carbonyl (C=O) groups is 3. The van der Waals surface area contributed by atoms with Crippen LogP contribution in [-0.4, -0.2) is 45.5 Å². The van der Waals surface area contributed by atoms with Gasteiger partial charge in [-0.15, -0.1) is 0 Å². The van der Waals surface area contributed by atoms with Gasteiger partial charge in [-0.1, -0.05) is 62.4 Å². The monoisotopic (exact) mass is 443 g/mol. The van der Waals surface area contributed by atoms with Crippen LogP contribution in [0.1, 0.15) is 76.2 Å². The smallest absolute Gasteiger partial charge is 0.308 e. The van der Waals surface area contributed by atoms with Gasteiger partial charge >= 0.3 is 11.9 Å². The van der Waals surface area contributed by atoms with Crippen LogP contribution in [0.15, 0.2) is 30.3 Å². The molecule has 2 unspecified atom stereocenters. The van der Waals surface area contributed by atoms with Gasteiger partial charge in [0.15, 0.2) is 0 Å². The van der Waals surface area contributed by atoms with E-state index in [9.17, 15) is 24.6 Å². The van der Waals surface area contributed by atoms with Gasteiger partial charge in [-0.3, -0.25) is 14.4 Å². The molecule has 6 heteroatoms. The molecule has 1 aliphatic heterocycles. The van der Waals surface area contributed by atoms with Gasteiger partial charge in [0, 0.05) is 19.0 Å². The van der Waals surface area contributed by atoms with Crippen LogP contribution in [-0.2, 0) is 20.8 Å². The van der Waals surface area contributed by atoms with Gasteiger partial charge in [-0.05, 0) is 50.0 Å². The summed E-state index contributed by atoms with van der Waals surface area (Å²) in [5.41, 5.74) is 1.33. The van der Waals surface area contributed by atoms with Gasteiger partial charge in [0.1, 0.15) is 0 Å². The van der Waals surface area contributed by atoms with E-state index < -0.39 is 23.8 Å². The molecule has 0 spiro atoms. The third-order valence-corrected chi connectivity index (χ3v) is 7.40. The van der Waals surface area contributed by atoms with Crippen LogP contribution in [0, 0.1) is 17.8 Å². The molecule has 2 N–H and O–H groups in total. The van der Waals surface area contributed by atoms with E-state index in [2.05, 4.69) is 12.1 Å². The van der Waals surface area contributed by atoms with Gasteiger partial charge in [-0.2, -0.15) is 0 Å². The van der Waals surface area contributed by atoms with E-state index in [1.807, 2.05) is 18.2 Å². The number of aryl methyl sites for hydroxylation is 1. The van der Waals surface area contributed by atoms with E-state index in [4.69, 9.17) is 0 Å². The van der Waals surface area contributed by atoms with Crippen molar-refractivity contribution >= 4 is 17.8 Å². The summed E-state index contributed by atoms with van der Waals surface area (Å²) in [5.74, 6) is -2.64. The largest absolute Gasteiger partial charge is 0.481 e. The Hall–Kier alpha value is -2.37. The Bertz CT molecular complexity index is 765. The van der Waals surface area contributed by atoms with E-state index in [1.54, 1.807) is 4.90 Å². The number of carboxylic acids is 2. The van der Waals surface area contributed by atoms with Crippen LogP contribution in [0.2, 0.25) is 0 Å². The number of fused-ring (bicyclic) bond motifs is 1. The highest BCUT2D eigenvalue weighted by atomic mass is 16.4. The molecule has 1 saturated heterocycles. The first-order valence-electron chi connectivity index (χ1n) is 12.3. The lowest BCUT2D eigenvalue weighted by molar-refractivity contribution is -0.143. The van der Waals surface area contributed by atoms with Crippen LogP contribution in [0.4, 0.5) is 0 Å². The number of carbonyl (C=O) groups excluding carboxylic acids is 1. The van der Waals surface area contributed by atoms with Gasteiger partial charge in [0.25, 0.3) is 0 Å². The average Bonchev–Trinajstić information content (AvgIpc) is 3.18. The molecule has 1 heterocycles. The van der Waals surface area contributed by atoms with Crippen LogP contribution in [0.5, 0.6) is 0 Å². The van der Waals surface area contributed by atoms with Crippen LogP contribution in [0.3, 0.4) is 0 Å². The summed E-state index contributed by atoms with van der Waals surface area (Å²) in [7, 11) is 0. The Morgan fingerprint density at radius 3 is 2.38 bits per heavy atom. The van der Waals surface area contributed by atoms with Crippen LogP contribution >= 0.6 is 0 Å². The maximum absolute atomic E-state index is 12.9. The van der Waals surface area contributed by atoms with E-state index in [1.165, 1.54) is 5.56 Å². The van der Waals surface area contributed by atoms with Crippen LogP contribution in [0.25, 0.3) is 0 Å². The molecule has 1 aromatic carbocycles. The summed E-state index contributed by atoms with van der Waals surface area (Å²) in [6, 6.07) is 10.4. The summed E-state index contributed by atoms with van der Waals surface area (Å²) >= 11 is 0. The molecule has 1 saturated carbocycles. The Labute approximate surface area is 191 Å². The lowest BCUT2D eigenvalue weighted by Crippen LogP contribution is -2.39. The van der Waals surface area contributed by atoms with Gasteiger partial charge < -0.3 is 15.1 Å². The first-order chi connectivity index (χ1) is 15.5. The van der Waals surface area contributed by atoms with Crippen molar-refractivity contribution in [1.29, 1.82) is 0 Å². The minimum atomic E-state index is -0.831. The number of carboxylic acid groups (broad SMARTS) is 2. The zero-order valence-corrected chi connectivity index (χ0v) is 19.0. The molecule has 4 atom stereocenters. The molecule has 2 aliphatic rings. The van der Waals surface area contributed by atoms with E-state index in [-0.39, 0.29) is 30.8 Å². The number of hydrogen-bond acceptors (Lipinski definition) is 3. The number of hydrogen-bond donors (Lipinski definition) is 2. The molecular weight excluding hydrogens is 406 g/mol. The van der Waals surface area contributed by atoms with Crippen molar-refractivity contribution in [2.45, 2.75) is 83.1 Å². The fourth-order valence-electron chi connectivity index (χ4n) is 5.58. The summed E-state index contributed by atoms with van der Waals surface area (Å²) in [5, 5.41) is 19.2. The topological polar surface area (TPSA) is 94.9 Å². The van der Waals surface area contributed by atoms with Crippen molar-refractivity contribution in [1.82, 2.24) is 4.90 Å². The molecule has 32 heavy (non-hydrogen) atoms. The number of rotatable bonds is 12. The highest BCUT2D eigenvalue weighted by Gasteiger charge is 2.47. The first-order valence-corrected chi connectivity index (χ1v) is 12.3. The number of aliphatic carboxylic acids is 2. The normalized spacial score (nSPS) is 23.5. The molecule has 1 aliphatic carbocycles. The third kappa shape index (κ3) is 6.57. The summed E-state index contributed by atoms with van der Waals surface area (Å²) in [4.78, 5) is 38.0. The summed E-state index contributed by atoms with van der Waals surface area (Å²) in [6.45, 7) is 0.280. The summed E-state index contributed by atoms with van der Waals surface area (Å²) in [6.07, 6.45) is 10.00. The number of likely N-dealkylation sites (tertiary alicyclic amines) is 1. The maximum Gasteiger partial charge on any atom is 0.308 e. The van der Waals surface area contributed by atoms with E-state index in [0.29, 0.717) is 12.8 Å². The third-order valence-electron chi connectivity index (χ3n) is 7.40. The zero-order valence-electron chi connectivity index (χ0n) is 19.0. The Morgan fingerprint density at radius 2 is 1.66 bits per heavy atom. The van der Waals surface area contributed by atoms with Gasteiger partial charge in [0.05, 0.1) is 11.8 Å². The zero-order chi connectivity index (χ0) is 22.9. The van der Waals surface area contributed by atoms with Gasteiger partial charge in [-0.25, -0.2) is 0 Å². The van der Waals surface area contributed by atoms with Crippen molar-refractivity contribution in [3.05, 3.63) is 35.9 Å². The second-order valence-corrected chi connectivity index (χ2v) is 9.52. The van der Waals surface area contributed by atoms with Crippen molar-refractivity contribution in [3.63, 3.8) is 0 Å². The Kier molecular flexibility index (Phi) is 9.12. The predicted octanol–water partition coefficient (Wildman–Crippen LogP) is 4.76. The second kappa shape index (κ2) is 12.0. The number of unbranched alkanes of at least 4 members (excludes halogenated alkanes) is 3. The molecule has 176 valence electrons. The lowest BCUT2D eigenvalue weighted by Gasteiger charge is -2.32. The SMILES string of the molecule is O=C(O)C(CCCCCCc1ccccc1)CCC(=O)N1CC(C(=O)O)[C@@H]2CCCC[C@@H]21. The van der Waals surface area contributed by atoms with E-state index >= 15 is 0 Å². The minimum absolute atomic E-state index is 0.0187. The van der Waals surface area contributed by atoms with Crippen molar-refractivity contribution < 1.29 is 24.6 Å². The highest BCUT2D eigenvalue weighted by molar-refractivity contribution is 5.80. The predicted molar refractivity (Wildman–Crippen MR) is 122 cm³/mol. The molecule has 1 aromatic rings. The molecule has 0 radical (unpaired) electrons. The van der Waals surface area contributed by atoms with E-state index in [0.717, 1.165) is 57.8 Å². The van der Waals surface area contributed by atoms with Crippen LogP contribution < -0.4 is 0 Å². The standard InChI is InChI=1S/C26H37NO5/c28-24(27-18-22(26(31)32)21-14-8-9-15-23(21)27)17-16-20(25(29)30)13-7-2-1-4-10-19-11-5-3-6-12-19/h3,5-6,11-12,20-23H,1-2,4,7-10,13-18H2,(H,29,30)(H,31,32)/t20?,21-,22?,23-/m0/s1. The summed E-state index contributed by atoms with van der Waals surface area (Å²) < 4.78 is 0. The molecule has 0 aromatic heterocycles.